The monoisotopic (exact) mass is 794 g/mol. The van der Waals surface area contributed by atoms with E-state index in [0.717, 1.165) is 51.5 Å². The van der Waals surface area contributed by atoms with Crippen molar-refractivity contribution in [3.05, 3.63) is 81.1 Å². The maximum atomic E-state index is 15.3. The summed E-state index contributed by atoms with van der Waals surface area (Å²) < 4.78 is 131. The number of hydrogen-bond donors (Lipinski definition) is 1. The molecule has 5 rings (SSSR count). The molecule has 3 aromatic rings. The average molecular weight is 795 g/mol. The Hall–Kier alpha value is -4.39. The van der Waals surface area contributed by atoms with Gasteiger partial charge in [-0.05, 0) is 54.7 Å². The number of pyridine rings is 1. The third kappa shape index (κ3) is 8.16. The number of aliphatic hydroxyl groups is 1. The van der Waals surface area contributed by atoms with Crippen molar-refractivity contribution >= 4 is 29.1 Å². The minimum atomic E-state index is -5.01. The second-order valence-electron chi connectivity index (χ2n) is 13.0. The number of aromatic nitrogens is 1. The van der Waals surface area contributed by atoms with E-state index in [9.17, 15) is 54.2 Å². The van der Waals surface area contributed by atoms with Crippen molar-refractivity contribution in [1.29, 1.82) is 0 Å². The molecule has 294 valence electrons. The molecule has 0 unspecified atom stereocenters. The largest absolute Gasteiger partial charge is 0.474 e. The molecule has 19 heteroatoms. The highest BCUT2D eigenvalue weighted by atomic mass is 32.1. The van der Waals surface area contributed by atoms with Gasteiger partial charge in [-0.15, -0.1) is 11.3 Å². The van der Waals surface area contributed by atoms with Gasteiger partial charge in [0.25, 0.3) is 24.1 Å². The molecule has 0 radical (unpaired) electrons. The highest BCUT2D eigenvalue weighted by molar-refractivity contribution is 7.10. The summed E-state index contributed by atoms with van der Waals surface area (Å²) in [5.74, 6) is -4.76. The maximum absolute atomic E-state index is 15.3. The molecule has 4 atom stereocenters. The minimum Gasteiger partial charge on any atom is -0.474 e. The molecule has 1 fully saturated rings. The number of fused-ring (bicyclic) bond motifs is 1. The van der Waals surface area contributed by atoms with E-state index in [-0.39, 0.29) is 62.1 Å². The fourth-order valence-corrected chi connectivity index (χ4v) is 7.79. The van der Waals surface area contributed by atoms with Crippen LogP contribution in [-0.2, 0) is 28.4 Å². The molecule has 3 amide bonds. The van der Waals surface area contributed by atoms with Gasteiger partial charge in [0.15, 0.2) is 6.10 Å². The molecule has 9 nitrogen and oxygen atoms in total. The minimum absolute atomic E-state index is 0.0785. The Kier molecular flexibility index (Phi) is 11.9. The second-order valence-corrected chi connectivity index (χ2v) is 14.0. The summed E-state index contributed by atoms with van der Waals surface area (Å²) >= 11 is 0.263. The smallest absolute Gasteiger partial charge is 0.425 e. The molecule has 1 N–H and O–H groups in total. The number of aliphatic hydroxyl groups excluding tert-OH is 1. The standard InChI is InChI=1S/C35H35F9N4O5S/c1-3-6-25-33(53-21-16-26(54-18-21)35(42,43)44,11-5-13-48(25)30(50)27-23(34(39,40)41)7-4-12-45-27)32(52)47-14-10-19-8-9-20(36)15-22(19)24(47)17-46(2)31(51)28(49)29(37)38/h4,7-9,12,15-16,18,24-25,28-29,49H,3,5-6,10-11,13-14,17H2,1-2H3/t24-,25-,28-,33+/m1/s1. The van der Waals surface area contributed by atoms with Gasteiger partial charge in [0.2, 0.25) is 5.60 Å². The highest BCUT2D eigenvalue weighted by Gasteiger charge is 2.57. The molecule has 0 saturated carbocycles. The molecule has 54 heavy (non-hydrogen) atoms. The van der Waals surface area contributed by atoms with E-state index < -0.39 is 94.5 Å². The van der Waals surface area contributed by atoms with E-state index in [2.05, 4.69) is 4.98 Å². The number of ether oxygens (including phenoxy) is 1. The van der Waals surface area contributed by atoms with E-state index >= 15 is 4.79 Å². The summed E-state index contributed by atoms with van der Waals surface area (Å²) in [4.78, 5) is 47.6. The molecule has 4 heterocycles. The van der Waals surface area contributed by atoms with Crippen LogP contribution in [0.15, 0.2) is 48.0 Å². The van der Waals surface area contributed by atoms with Crippen LogP contribution in [-0.4, -0.2) is 93.4 Å². The lowest BCUT2D eigenvalue weighted by atomic mass is 9.78. The molecule has 2 aliphatic rings. The number of carbonyl (C=O) groups is 3. The number of likely N-dealkylation sites (N-methyl/N-ethyl adjacent to an activating group) is 1. The van der Waals surface area contributed by atoms with Crippen molar-refractivity contribution in [2.24, 2.45) is 0 Å². The zero-order valence-electron chi connectivity index (χ0n) is 28.8. The van der Waals surface area contributed by atoms with Gasteiger partial charge in [-0.25, -0.2) is 13.2 Å². The number of likely N-dealkylation sites (tertiary alicyclic amines) is 1. The summed E-state index contributed by atoms with van der Waals surface area (Å²) in [6.45, 7) is 0.725. The number of nitrogens with zero attached hydrogens (tertiary/aromatic N) is 4. The van der Waals surface area contributed by atoms with Crippen LogP contribution in [0.2, 0.25) is 0 Å². The number of amides is 3. The van der Waals surface area contributed by atoms with Crippen LogP contribution >= 0.6 is 11.3 Å². The third-order valence-electron chi connectivity index (χ3n) is 9.56. The van der Waals surface area contributed by atoms with Gasteiger partial charge in [0, 0.05) is 50.7 Å². The summed E-state index contributed by atoms with van der Waals surface area (Å²) in [6, 6.07) is 3.26. The molecular weight excluding hydrogens is 759 g/mol. The predicted octanol–water partition coefficient (Wildman–Crippen LogP) is 6.75. The Bertz CT molecular complexity index is 1860. The number of carbonyl (C=O) groups excluding carboxylic acids is 3. The second kappa shape index (κ2) is 15.8. The topological polar surface area (TPSA) is 103 Å². The van der Waals surface area contributed by atoms with E-state index in [1.54, 1.807) is 6.92 Å². The molecule has 1 saturated heterocycles. The van der Waals surface area contributed by atoms with Crippen LogP contribution in [0, 0.1) is 5.82 Å². The summed E-state index contributed by atoms with van der Waals surface area (Å²) in [5, 5.41) is 10.8. The number of thiophene rings is 1. The number of rotatable bonds is 10. The third-order valence-corrected chi connectivity index (χ3v) is 10.5. The van der Waals surface area contributed by atoms with Crippen molar-refractivity contribution in [2.45, 2.75) is 81.6 Å². The molecule has 2 aromatic heterocycles. The first-order chi connectivity index (χ1) is 25.3. The number of piperidine rings is 1. The lowest BCUT2D eigenvalue weighted by molar-refractivity contribution is -0.164. The van der Waals surface area contributed by atoms with Gasteiger partial charge in [-0.2, -0.15) is 26.3 Å². The maximum Gasteiger partial charge on any atom is 0.425 e. The lowest BCUT2D eigenvalue weighted by Gasteiger charge is -2.51. The fraction of sp³-hybridized carbons (Fsp3) is 0.486. The van der Waals surface area contributed by atoms with Crippen molar-refractivity contribution in [2.75, 3.05) is 26.7 Å². The van der Waals surface area contributed by atoms with Crippen LogP contribution < -0.4 is 4.74 Å². The normalized spacial score (nSPS) is 21.1. The average Bonchev–Trinajstić information content (AvgIpc) is 3.60. The van der Waals surface area contributed by atoms with Crippen LogP contribution in [0.3, 0.4) is 0 Å². The van der Waals surface area contributed by atoms with E-state index in [1.165, 1.54) is 6.07 Å². The van der Waals surface area contributed by atoms with Crippen LogP contribution in [0.4, 0.5) is 39.5 Å². The fourth-order valence-electron chi connectivity index (χ4n) is 7.11. The Morgan fingerprint density at radius 2 is 1.80 bits per heavy atom. The summed E-state index contributed by atoms with van der Waals surface area (Å²) in [6.07, 6.45) is -15.1. The van der Waals surface area contributed by atoms with E-state index in [4.69, 9.17) is 4.74 Å². The first kappa shape index (κ1) is 40.8. The van der Waals surface area contributed by atoms with Crippen molar-refractivity contribution in [3.63, 3.8) is 0 Å². The molecule has 0 spiro atoms. The van der Waals surface area contributed by atoms with Crippen molar-refractivity contribution in [1.82, 2.24) is 19.7 Å². The van der Waals surface area contributed by atoms with Gasteiger partial charge < -0.3 is 24.5 Å². The quantitative estimate of drug-likeness (QED) is 0.228. The summed E-state index contributed by atoms with van der Waals surface area (Å²) in [5.41, 5.74) is -3.92. The van der Waals surface area contributed by atoms with Crippen LogP contribution in [0.1, 0.15) is 70.7 Å². The van der Waals surface area contributed by atoms with Gasteiger partial charge in [0.1, 0.15) is 22.1 Å². The van der Waals surface area contributed by atoms with E-state index in [1.807, 2.05) is 0 Å². The predicted molar refractivity (Wildman–Crippen MR) is 175 cm³/mol. The summed E-state index contributed by atoms with van der Waals surface area (Å²) in [7, 11) is 1.08. The number of benzene rings is 1. The lowest BCUT2D eigenvalue weighted by Crippen LogP contribution is -2.69. The van der Waals surface area contributed by atoms with Gasteiger partial charge >= 0.3 is 12.4 Å². The Morgan fingerprint density at radius 1 is 1.07 bits per heavy atom. The SMILES string of the molecule is CCC[C@H]1N(C(=O)c2ncccc2C(F)(F)F)CCC[C@@]1(Oc1csc(C(F)(F)F)c1)C(=O)N1CCc2ccc(F)cc2[C@H]1CN(C)C(=O)[C@H](O)C(F)F. The molecule has 1 aromatic carbocycles. The van der Waals surface area contributed by atoms with Gasteiger partial charge in [0.05, 0.1) is 17.6 Å². The highest BCUT2D eigenvalue weighted by Crippen LogP contribution is 2.44. The number of halogens is 9. The molecule has 2 aliphatic heterocycles. The first-order valence-electron chi connectivity index (χ1n) is 16.8. The number of alkyl halides is 8. The Morgan fingerprint density at radius 3 is 2.43 bits per heavy atom. The first-order valence-corrected chi connectivity index (χ1v) is 17.7. The van der Waals surface area contributed by atoms with Crippen molar-refractivity contribution < 1.29 is 63.7 Å². The van der Waals surface area contributed by atoms with Crippen LogP contribution in [0.25, 0.3) is 0 Å². The molecule has 0 aliphatic carbocycles. The van der Waals surface area contributed by atoms with Gasteiger partial charge in [-0.3, -0.25) is 19.4 Å². The Labute approximate surface area is 307 Å². The van der Waals surface area contributed by atoms with Gasteiger partial charge in [-0.1, -0.05) is 19.4 Å². The zero-order valence-corrected chi connectivity index (χ0v) is 29.6. The van der Waals surface area contributed by atoms with Crippen LogP contribution in [0.5, 0.6) is 5.75 Å². The number of hydrogen-bond acceptors (Lipinski definition) is 7. The molecule has 0 bridgehead atoms. The zero-order chi connectivity index (χ0) is 39.7. The molecular formula is C35H35F9N4O5S. The Balaban J connectivity index is 1.66. The van der Waals surface area contributed by atoms with E-state index in [0.29, 0.717) is 17.7 Å². The van der Waals surface area contributed by atoms with Crippen molar-refractivity contribution in [3.8, 4) is 5.75 Å².